The molecule has 0 aliphatic carbocycles. The van der Waals surface area contributed by atoms with Gasteiger partial charge in [-0.05, 0) is 41.8 Å². The standard InChI is InChI=1S/C21H25NO2S/c1-3-8-18(13-16(2)20-11-7-12-25-20)21(24)22-19(15-23)14-17-9-5-4-6-10-17/h3-7,9-12,18-19,23H,1-2,8,13-15H2,(H,22,24)/t18-,19-/m0/s1. The van der Waals surface area contributed by atoms with E-state index in [1.807, 2.05) is 47.8 Å². The number of aliphatic hydroxyl groups excluding tert-OH is 1. The molecule has 0 unspecified atom stereocenters. The van der Waals surface area contributed by atoms with Crippen LogP contribution in [-0.2, 0) is 11.2 Å². The molecule has 1 aromatic heterocycles. The van der Waals surface area contributed by atoms with Crippen LogP contribution in [0.3, 0.4) is 0 Å². The number of benzene rings is 1. The predicted octanol–water partition coefficient (Wildman–Crippen LogP) is 4.06. The third kappa shape index (κ3) is 6.00. The molecule has 0 bridgehead atoms. The molecule has 4 heteroatoms. The lowest BCUT2D eigenvalue weighted by molar-refractivity contribution is -0.125. The molecular formula is C21H25NO2S. The van der Waals surface area contributed by atoms with E-state index in [1.165, 1.54) is 0 Å². The van der Waals surface area contributed by atoms with Crippen LogP contribution in [-0.4, -0.2) is 23.7 Å². The number of thiophene rings is 1. The highest BCUT2D eigenvalue weighted by Crippen LogP contribution is 2.26. The maximum Gasteiger partial charge on any atom is 0.224 e. The highest BCUT2D eigenvalue weighted by atomic mass is 32.1. The number of carbonyl (C=O) groups excluding carboxylic acids is 1. The van der Waals surface area contributed by atoms with Crippen LogP contribution >= 0.6 is 11.3 Å². The van der Waals surface area contributed by atoms with Crippen LogP contribution in [0.25, 0.3) is 5.57 Å². The summed E-state index contributed by atoms with van der Waals surface area (Å²) in [6, 6.07) is 13.6. The Hall–Kier alpha value is -2.17. The molecule has 0 saturated carbocycles. The van der Waals surface area contributed by atoms with Crippen molar-refractivity contribution in [3.63, 3.8) is 0 Å². The van der Waals surface area contributed by atoms with Gasteiger partial charge in [-0.15, -0.1) is 17.9 Å². The van der Waals surface area contributed by atoms with Gasteiger partial charge in [-0.2, -0.15) is 0 Å². The largest absolute Gasteiger partial charge is 0.394 e. The van der Waals surface area contributed by atoms with Crippen LogP contribution in [0.5, 0.6) is 0 Å². The molecule has 1 heterocycles. The molecule has 2 atom stereocenters. The van der Waals surface area contributed by atoms with Gasteiger partial charge in [-0.1, -0.05) is 49.1 Å². The zero-order valence-electron chi connectivity index (χ0n) is 14.4. The molecule has 3 nitrogen and oxygen atoms in total. The molecule has 1 aromatic carbocycles. The van der Waals surface area contributed by atoms with E-state index in [0.717, 1.165) is 16.0 Å². The van der Waals surface area contributed by atoms with Crippen molar-refractivity contribution in [3.05, 3.63) is 77.5 Å². The lowest BCUT2D eigenvalue weighted by Gasteiger charge is -2.21. The van der Waals surface area contributed by atoms with Gasteiger partial charge in [0.05, 0.1) is 12.6 Å². The fourth-order valence-corrected chi connectivity index (χ4v) is 3.45. The minimum atomic E-state index is -0.294. The van der Waals surface area contributed by atoms with Gasteiger partial charge in [0.1, 0.15) is 0 Å². The van der Waals surface area contributed by atoms with E-state index in [2.05, 4.69) is 18.5 Å². The fourth-order valence-electron chi connectivity index (χ4n) is 2.74. The molecule has 0 fully saturated rings. The first-order chi connectivity index (χ1) is 12.1. The highest BCUT2D eigenvalue weighted by Gasteiger charge is 2.22. The molecule has 25 heavy (non-hydrogen) atoms. The summed E-state index contributed by atoms with van der Waals surface area (Å²) in [5.41, 5.74) is 2.05. The Balaban J connectivity index is 1.98. The monoisotopic (exact) mass is 355 g/mol. The average molecular weight is 356 g/mol. The fraction of sp³-hybridized carbons (Fsp3) is 0.286. The number of nitrogens with one attached hydrogen (secondary N) is 1. The Morgan fingerprint density at radius 2 is 2.00 bits per heavy atom. The third-order valence-corrected chi connectivity index (χ3v) is 5.05. The summed E-state index contributed by atoms with van der Waals surface area (Å²) in [6.07, 6.45) is 3.54. The Morgan fingerprint density at radius 1 is 1.24 bits per heavy atom. The quantitative estimate of drug-likeness (QED) is 0.631. The highest BCUT2D eigenvalue weighted by molar-refractivity contribution is 7.11. The second-order valence-electron chi connectivity index (χ2n) is 6.08. The van der Waals surface area contributed by atoms with Crippen molar-refractivity contribution in [3.8, 4) is 0 Å². The van der Waals surface area contributed by atoms with Gasteiger partial charge in [0.25, 0.3) is 0 Å². The molecule has 0 aliphatic heterocycles. The van der Waals surface area contributed by atoms with Crippen LogP contribution in [0.15, 0.2) is 67.1 Å². The normalized spacial score (nSPS) is 13.0. The van der Waals surface area contributed by atoms with Gasteiger partial charge < -0.3 is 10.4 Å². The molecule has 1 amide bonds. The zero-order chi connectivity index (χ0) is 18.1. The van der Waals surface area contributed by atoms with E-state index in [1.54, 1.807) is 17.4 Å². The van der Waals surface area contributed by atoms with Crippen LogP contribution in [0.4, 0.5) is 0 Å². The van der Waals surface area contributed by atoms with Crippen molar-refractivity contribution >= 4 is 22.8 Å². The Labute approximate surface area is 153 Å². The van der Waals surface area contributed by atoms with E-state index in [0.29, 0.717) is 19.3 Å². The number of allylic oxidation sites excluding steroid dienone is 2. The van der Waals surface area contributed by atoms with Crippen molar-refractivity contribution in [2.24, 2.45) is 5.92 Å². The Morgan fingerprint density at radius 3 is 2.60 bits per heavy atom. The first kappa shape index (κ1) is 19.2. The summed E-state index contributed by atoms with van der Waals surface area (Å²) in [7, 11) is 0. The van der Waals surface area contributed by atoms with Crippen molar-refractivity contribution in [2.45, 2.75) is 25.3 Å². The van der Waals surface area contributed by atoms with Crippen LogP contribution < -0.4 is 5.32 Å². The van der Waals surface area contributed by atoms with Crippen molar-refractivity contribution in [1.82, 2.24) is 5.32 Å². The number of hydrogen-bond acceptors (Lipinski definition) is 3. The lowest BCUT2D eigenvalue weighted by Crippen LogP contribution is -2.42. The molecule has 2 aromatic rings. The summed E-state index contributed by atoms with van der Waals surface area (Å²) < 4.78 is 0. The van der Waals surface area contributed by atoms with Gasteiger partial charge in [-0.25, -0.2) is 0 Å². The number of amides is 1. The maximum atomic E-state index is 12.7. The van der Waals surface area contributed by atoms with E-state index in [9.17, 15) is 9.90 Å². The second kappa shape index (κ2) is 9.97. The molecular weight excluding hydrogens is 330 g/mol. The minimum Gasteiger partial charge on any atom is -0.394 e. The molecule has 0 radical (unpaired) electrons. The van der Waals surface area contributed by atoms with Crippen LogP contribution in [0, 0.1) is 5.92 Å². The van der Waals surface area contributed by atoms with Crippen LogP contribution in [0.1, 0.15) is 23.3 Å². The number of hydrogen-bond donors (Lipinski definition) is 2. The van der Waals surface area contributed by atoms with E-state index >= 15 is 0 Å². The molecule has 2 N–H and O–H groups in total. The first-order valence-electron chi connectivity index (χ1n) is 8.41. The maximum absolute atomic E-state index is 12.7. The molecule has 0 aliphatic rings. The smallest absolute Gasteiger partial charge is 0.224 e. The summed E-state index contributed by atoms with van der Waals surface area (Å²) >= 11 is 1.63. The summed E-state index contributed by atoms with van der Waals surface area (Å²) in [5, 5.41) is 14.6. The molecule has 2 rings (SSSR count). The third-order valence-electron chi connectivity index (χ3n) is 4.08. The molecule has 0 saturated heterocycles. The van der Waals surface area contributed by atoms with Gasteiger partial charge in [0.15, 0.2) is 0 Å². The van der Waals surface area contributed by atoms with Crippen molar-refractivity contribution in [2.75, 3.05) is 6.61 Å². The number of rotatable bonds is 10. The minimum absolute atomic E-state index is 0.0624. The summed E-state index contributed by atoms with van der Waals surface area (Å²) in [5.74, 6) is -0.287. The zero-order valence-corrected chi connectivity index (χ0v) is 15.2. The second-order valence-corrected chi connectivity index (χ2v) is 7.03. The Kier molecular flexibility index (Phi) is 7.64. The average Bonchev–Trinajstić information content (AvgIpc) is 3.16. The Bertz CT molecular complexity index is 679. The topological polar surface area (TPSA) is 49.3 Å². The van der Waals surface area contributed by atoms with Crippen molar-refractivity contribution in [1.29, 1.82) is 0 Å². The van der Waals surface area contributed by atoms with Gasteiger partial charge in [0.2, 0.25) is 5.91 Å². The lowest BCUT2D eigenvalue weighted by atomic mass is 9.94. The van der Waals surface area contributed by atoms with Crippen molar-refractivity contribution < 1.29 is 9.90 Å². The van der Waals surface area contributed by atoms with Crippen LogP contribution in [0.2, 0.25) is 0 Å². The molecule has 0 spiro atoms. The number of aliphatic hydroxyl groups is 1. The molecule has 132 valence electrons. The van der Waals surface area contributed by atoms with E-state index in [-0.39, 0.29) is 24.5 Å². The number of carbonyl (C=O) groups is 1. The SMILES string of the molecule is C=CC[C@@H](CC(=C)c1cccs1)C(=O)N[C@H](CO)Cc1ccccc1. The summed E-state index contributed by atoms with van der Waals surface area (Å²) in [4.78, 5) is 13.8. The van der Waals surface area contributed by atoms with Gasteiger partial charge in [0, 0.05) is 10.8 Å². The summed E-state index contributed by atoms with van der Waals surface area (Å²) in [6.45, 7) is 7.79. The first-order valence-corrected chi connectivity index (χ1v) is 9.29. The van der Waals surface area contributed by atoms with E-state index in [4.69, 9.17) is 0 Å². The van der Waals surface area contributed by atoms with E-state index < -0.39 is 0 Å². The predicted molar refractivity (Wildman–Crippen MR) is 105 cm³/mol. The van der Waals surface area contributed by atoms with Gasteiger partial charge >= 0.3 is 0 Å². The van der Waals surface area contributed by atoms with Gasteiger partial charge in [-0.3, -0.25) is 4.79 Å².